The van der Waals surface area contributed by atoms with Gasteiger partial charge in [0, 0.05) is 11.8 Å². The number of aryl methyl sites for hydroxylation is 1. The minimum atomic E-state index is -0.0794. The van der Waals surface area contributed by atoms with Crippen molar-refractivity contribution in [3.05, 3.63) is 89.1 Å². The third kappa shape index (κ3) is 5.11. The number of nitrogens with one attached hydrogen (secondary N) is 1. The molecule has 0 bridgehead atoms. The van der Waals surface area contributed by atoms with E-state index in [1.807, 2.05) is 42.5 Å². The Labute approximate surface area is 193 Å². The van der Waals surface area contributed by atoms with Crippen LogP contribution in [-0.2, 0) is 17.6 Å². The summed E-state index contributed by atoms with van der Waals surface area (Å²) < 4.78 is 0. The van der Waals surface area contributed by atoms with Gasteiger partial charge in [-0.2, -0.15) is 0 Å². The standard InChI is InChI=1S/C27H27N3OS/c1-4-25-30-26(21-12-8-11-20(16-21)18(2)3)27(32-25)22-13-14-28-23(17-22)29-24(31)15-19-9-6-5-7-10-19/h5-14,16-18H,4,15H2,1-3H3,(H,28,29,31). The van der Waals surface area contributed by atoms with E-state index in [-0.39, 0.29) is 5.91 Å². The van der Waals surface area contributed by atoms with Gasteiger partial charge in [0.2, 0.25) is 5.91 Å². The minimum Gasteiger partial charge on any atom is -0.310 e. The van der Waals surface area contributed by atoms with Crippen molar-refractivity contribution in [1.29, 1.82) is 0 Å². The van der Waals surface area contributed by atoms with Gasteiger partial charge in [0.15, 0.2) is 0 Å². The summed E-state index contributed by atoms with van der Waals surface area (Å²) in [4.78, 5) is 22.9. The second kappa shape index (κ2) is 9.88. The summed E-state index contributed by atoms with van der Waals surface area (Å²) in [7, 11) is 0. The van der Waals surface area contributed by atoms with Crippen molar-refractivity contribution >= 4 is 23.1 Å². The van der Waals surface area contributed by atoms with Crippen molar-refractivity contribution in [2.24, 2.45) is 0 Å². The lowest BCUT2D eigenvalue weighted by Crippen LogP contribution is -2.15. The van der Waals surface area contributed by atoms with E-state index in [0.29, 0.717) is 18.2 Å². The molecule has 4 rings (SSSR count). The molecule has 5 heteroatoms. The maximum Gasteiger partial charge on any atom is 0.229 e. The predicted molar refractivity (Wildman–Crippen MR) is 133 cm³/mol. The Morgan fingerprint density at radius 2 is 1.81 bits per heavy atom. The van der Waals surface area contributed by atoms with Gasteiger partial charge in [-0.25, -0.2) is 9.97 Å². The van der Waals surface area contributed by atoms with Gasteiger partial charge in [0.25, 0.3) is 0 Å². The highest BCUT2D eigenvalue weighted by Crippen LogP contribution is 2.38. The Morgan fingerprint density at radius 1 is 1.00 bits per heavy atom. The van der Waals surface area contributed by atoms with Gasteiger partial charge in [0.05, 0.1) is 22.0 Å². The Morgan fingerprint density at radius 3 is 2.56 bits per heavy atom. The third-order valence-corrected chi connectivity index (χ3v) is 6.55. The molecular formula is C27H27N3OS. The molecule has 162 valence electrons. The zero-order valence-corrected chi connectivity index (χ0v) is 19.4. The van der Waals surface area contributed by atoms with Crippen LogP contribution in [0.15, 0.2) is 72.9 Å². The van der Waals surface area contributed by atoms with Crippen LogP contribution in [0.4, 0.5) is 5.82 Å². The summed E-state index contributed by atoms with van der Waals surface area (Å²) in [5, 5.41) is 4.03. The number of hydrogen-bond acceptors (Lipinski definition) is 4. The molecule has 0 radical (unpaired) electrons. The number of carbonyl (C=O) groups excluding carboxylic acids is 1. The molecular weight excluding hydrogens is 414 g/mol. The number of hydrogen-bond donors (Lipinski definition) is 1. The smallest absolute Gasteiger partial charge is 0.229 e. The van der Waals surface area contributed by atoms with Crippen molar-refractivity contribution in [3.63, 3.8) is 0 Å². The molecule has 0 aliphatic heterocycles. The number of nitrogens with zero attached hydrogens (tertiary/aromatic N) is 2. The van der Waals surface area contributed by atoms with E-state index in [1.54, 1.807) is 17.5 Å². The topological polar surface area (TPSA) is 54.9 Å². The van der Waals surface area contributed by atoms with E-state index in [9.17, 15) is 4.79 Å². The zero-order chi connectivity index (χ0) is 22.5. The summed E-state index contributed by atoms with van der Waals surface area (Å²) in [6.07, 6.45) is 2.95. The number of thiazole rings is 1. The molecule has 32 heavy (non-hydrogen) atoms. The number of carbonyl (C=O) groups is 1. The fourth-order valence-corrected chi connectivity index (χ4v) is 4.58. The molecule has 0 aliphatic carbocycles. The number of aromatic nitrogens is 2. The third-order valence-electron chi connectivity index (χ3n) is 5.30. The quantitative estimate of drug-likeness (QED) is 0.345. The minimum absolute atomic E-state index is 0.0794. The zero-order valence-electron chi connectivity index (χ0n) is 18.6. The molecule has 0 saturated carbocycles. The molecule has 1 amide bonds. The second-order valence-electron chi connectivity index (χ2n) is 8.06. The van der Waals surface area contributed by atoms with Crippen LogP contribution in [-0.4, -0.2) is 15.9 Å². The fraction of sp³-hybridized carbons (Fsp3) is 0.222. The summed E-state index contributed by atoms with van der Waals surface area (Å²) in [6, 6.07) is 22.2. The van der Waals surface area contributed by atoms with E-state index in [4.69, 9.17) is 4.98 Å². The van der Waals surface area contributed by atoms with Gasteiger partial charge in [-0.3, -0.25) is 4.79 Å². The summed E-state index contributed by atoms with van der Waals surface area (Å²) >= 11 is 1.70. The van der Waals surface area contributed by atoms with Crippen molar-refractivity contribution < 1.29 is 4.79 Å². The highest BCUT2D eigenvalue weighted by Gasteiger charge is 2.16. The van der Waals surface area contributed by atoms with Crippen molar-refractivity contribution in [1.82, 2.24) is 9.97 Å². The Hall–Kier alpha value is -3.31. The lowest BCUT2D eigenvalue weighted by molar-refractivity contribution is -0.115. The number of rotatable bonds is 7. The first-order chi connectivity index (χ1) is 15.5. The van der Waals surface area contributed by atoms with Crippen LogP contribution in [0.2, 0.25) is 0 Å². The van der Waals surface area contributed by atoms with Crippen LogP contribution in [0.25, 0.3) is 21.7 Å². The second-order valence-corrected chi connectivity index (χ2v) is 9.14. The first-order valence-electron chi connectivity index (χ1n) is 10.9. The summed E-state index contributed by atoms with van der Waals surface area (Å²) in [5.41, 5.74) is 5.39. The predicted octanol–water partition coefficient (Wildman–Crippen LogP) is 6.74. The SMILES string of the molecule is CCc1nc(-c2cccc(C(C)C)c2)c(-c2ccnc(NC(=O)Cc3ccccc3)c2)s1. The van der Waals surface area contributed by atoms with Gasteiger partial charge >= 0.3 is 0 Å². The first kappa shape index (κ1) is 21.9. The molecule has 2 heterocycles. The average Bonchev–Trinajstić information content (AvgIpc) is 3.25. The molecule has 0 aliphatic rings. The van der Waals surface area contributed by atoms with Crippen LogP contribution in [0.1, 0.15) is 42.8 Å². The number of amides is 1. The fourth-order valence-electron chi connectivity index (χ4n) is 3.56. The van der Waals surface area contributed by atoms with Gasteiger partial charge in [0.1, 0.15) is 5.82 Å². The van der Waals surface area contributed by atoms with E-state index in [1.165, 1.54) is 5.56 Å². The number of pyridine rings is 1. The largest absolute Gasteiger partial charge is 0.310 e. The lowest BCUT2D eigenvalue weighted by atomic mass is 9.98. The number of benzene rings is 2. The van der Waals surface area contributed by atoms with Crippen molar-refractivity contribution in [3.8, 4) is 21.7 Å². The molecule has 2 aromatic carbocycles. The van der Waals surface area contributed by atoms with Crippen LogP contribution in [0, 0.1) is 0 Å². The van der Waals surface area contributed by atoms with E-state index in [0.717, 1.165) is 38.7 Å². The maximum atomic E-state index is 12.5. The highest BCUT2D eigenvalue weighted by atomic mass is 32.1. The molecule has 4 nitrogen and oxygen atoms in total. The first-order valence-corrected chi connectivity index (χ1v) is 11.8. The Kier molecular flexibility index (Phi) is 6.76. The van der Waals surface area contributed by atoms with Crippen molar-refractivity contribution in [2.45, 2.75) is 39.5 Å². The highest BCUT2D eigenvalue weighted by molar-refractivity contribution is 7.15. The van der Waals surface area contributed by atoms with Gasteiger partial charge in [-0.15, -0.1) is 11.3 Å². The monoisotopic (exact) mass is 441 g/mol. The molecule has 0 atom stereocenters. The molecule has 4 aromatic rings. The molecule has 2 aromatic heterocycles. The molecule has 0 unspecified atom stereocenters. The Bertz CT molecular complexity index is 1210. The lowest BCUT2D eigenvalue weighted by Gasteiger charge is -2.09. The Balaban J connectivity index is 1.64. The van der Waals surface area contributed by atoms with Crippen LogP contribution >= 0.6 is 11.3 Å². The van der Waals surface area contributed by atoms with Gasteiger partial charge in [-0.1, -0.05) is 69.3 Å². The number of anilines is 1. The summed E-state index contributed by atoms with van der Waals surface area (Å²) in [5.74, 6) is 0.927. The normalized spacial score (nSPS) is 11.0. The van der Waals surface area contributed by atoms with E-state index in [2.05, 4.69) is 55.3 Å². The van der Waals surface area contributed by atoms with Crippen LogP contribution in [0.5, 0.6) is 0 Å². The summed E-state index contributed by atoms with van der Waals surface area (Å²) in [6.45, 7) is 6.52. The van der Waals surface area contributed by atoms with Crippen molar-refractivity contribution in [2.75, 3.05) is 5.32 Å². The van der Waals surface area contributed by atoms with Crippen LogP contribution < -0.4 is 5.32 Å². The molecule has 0 spiro atoms. The maximum absolute atomic E-state index is 12.5. The molecule has 0 fully saturated rings. The molecule has 0 saturated heterocycles. The van der Waals surface area contributed by atoms with Gasteiger partial charge in [-0.05, 0) is 47.2 Å². The van der Waals surface area contributed by atoms with E-state index >= 15 is 0 Å². The average molecular weight is 442 g/mol. The van der Waals surface area contributed by atoms with Crippen LogP contribution in [0.3, 0.4) is 0 Å². The van der Waals surface area contributed by atoms with E-state index < -0.39 is 0 Å². The molecule has 1 N–H and O–H groups in total. The van der Waals surface area contributed by atoms with Gasteiger partial charge < -0.3 is 5.32 Å².